The summed E-state index contributed by atoms with van der Waals surface area (Å²) in [5, 5.41) is 10.4. The Morgan fingerprint density at radius 1 is 1.19 bits per heavy atom. The van der Waals surface area contributed by atoms with Gasteiger partial charge in [-0.1, -0.05) is 37.3 Å². The molecule has 0 aliphatic carbocycles. The van der Waals surface area contributed by atoms with Crippen molar-refractivity contribution in [3.63, 3.8) is 0 Å². The molecule has 0 amide bonds. The molecule has 21 heavy (non-hydrogen) atoms. The van der Waals surface area contributed by atoms with E-state index < -0.39 is 6.10 Å². The van der Waals surface area contributed by atoms with E-state index in [9.17, 15) is 5.11 Å². The molecule has 1 heterocycles. The molecule has 0 aromatic heterocycles. The highest BCUT2D eigenvalue weighted by Gasteiger charge is 2.31. The van der Waals surface area contributed by atoms with Crippen LogP contribution in [0.2, 0.25) is 0 Å². The lowest BCUT2D eigenvalue weighted by Gasteiger charge is -2.33. The number of aliphatic hydroxyl groups excluding tert-OH is 1. The van der Waals surface area contributed by atoms with E-state index >= 15 is 0 Å². The van der Waals surface area contributed by atoms with Gasteiger partial charge < -0.3 is 14.6 Å². The van der Waals surface area contributed by atoms with Crippen molar-refractivity contribution in [3.8, 4) is 11.5 Å². The fourth-order valence-electron chi connectivity index (χ4n) is 2.86. The molecule has 3 rings (SSSR count). The number of rotatable bonds is 3. The van der Waals surface area contributed by atoms with Crippen LogP contribution in [0.3, 0.4) is 0 Å². The van der Waals surface area contributed by atoms with E-state index in [1.807, 2.05) is 36.4 Å². The minimum absolute atomic E-state index is 0.0247. The normalized spacial score (nSPS) is 22.0. The molecule has 110 valence electrons. The number of methoxy groups -OCH3 is 1. The van der Waals surface area contributed by atoms with Gasteiger partial charge in [0, 0.05) is 17.9 Å². The van der Waals surface area contributed by atoms with Crippen molar-refractivity contribution in [3.05, 3.63) is 59.7 Å². The molecule has 3 heteroatoms. The molecule has 1 aliphatic rings. The Morgan fingerprint density at radius 3 is 2.67 bits per heavy atom. The third kappa shape index (κ3) is 2.74. The summed E-state index contributed by atoms with van der Waals surface area (Å²) in [6.45, 7) is 2.14. The summed E-state index contributed by atoms with van der Waals surface area (Å²) in [6.07, 6.45) is 0.0549. The first kappa shape index (κ1) is 14.0. The van der Waals surface area contributed by atoms with Crippen LogP contribution in [-0.2, 0) is 0 Å². The van der Waals surface area contributed by atoms with Crippen LogP contribution >= 0.6 is 0 Å². The summed E-state index contributed by atoms with van der Waals surface area (Å²) in [5.41, 5.74) is 2.04. The van der Waals surface area contributed by atoms with Gasteiger partial charge in [-0.2, -0.15) is 0 Å². The van der Waals surface area contributed by atoms with Crippen LogP contribution in [-0.4, -0.2) is 18.3 Å². The second-order valence-electron chi connectivity index (χ2n) is 5.51. The van der Waals surface area contributed by atoms with Gasteiger partial charge in [-0.3, -0.25) is 0 Å². The lowest BCUT2D eigenvalue weighted by atomic mass is 9.88. The Hall–Kier alpha value is -2.00. The van der Waals surface area contributed by atoms with Crippen LogP contribution in [0.15, 0.2) is 48.5 Å². The van der Waals surface area contributed by atoms with Crippen LogP contribution in [0.1, 0.15) is 36.5 Å². The molecule has 2 unspecified atom stereocenters. The molecule has 0 saturated carbocycles. The van der Waals surface area contributed by atoms with Crippen molar-refractivity contribution < 1.29 is 14.6 Å². The van der Waals surface area contributed by atoms with Gasteiger partial charge in [-0.05, 0) is 23.8 Å². The number of hydrogen-bond acceptors (Lipinski definition) is 3. The largest absolute Gasteiger partial charge is 0.497 e. The first-order chi connectivity index (χ1) is 10.2. The molecule has 2 aromatic carbocycles. The molecule has 0 fully saturated rings. The van der Waals surface area contributed by atoms with Crippen molar-refractivity contribution in [2.75, 3.05) is 7.11 Å². The third-order valence-electron chi connectivity index (χ3n) is 4.19. The van der Waals surface area contributed by atoms with Gasteiger partial charge in [0.1, 0.15) is 17.6 Å². The van der Waals surface area contributed by atoms with Gasteiger partial charge in [-0.25, -0.2) is 0 Å². The molecule has 3 nitrogen and oxygen atoms in total. The Kier molecular flexibility index (Phi) is 3.84. The Labute approximate surface area is 125 Å². The summed E-state index contributed by atoms with van der Waals surface area (Å²) in [4.78, 5) is 0. The zero-order chi connectivity index (χ0) is 14.8. The predicted octanol–water partition coefficient (Wildman–Crippen LogP) is 3.68. The smallest absolute Gasteiger partial charge is 0.125 e. The summed E-state index contributed by atoms with van der Waals surface area (Å²) < 4.78 is 11.3. The summed E-state index contributed by atoms with van der Waals surface area (Å²) in [6, 6.07) is 15.9. The molecular weight excluding hydrogens is 264 g/mol. The number of ether oxygens (including phenoxy) is 2. The zero-order valence-corrected chi connectivity index (χ0v) is 12.3. The van der Waals surface area contributed by atoms with Crippen molar-refractivity contribution in [1.29, 1.82) is 0 Å². The predicted molar refractivity (Wildman–Crippen MR) is 81.8 cm³/mol. The van der Waals surface area contributed by atoms with E-state index in [0.717, 1.165) is 17.1 Å². The van der Waals surface area contributed by atoms with Crippen LogP contribution < -0.4 is 9.47 Å². The minimum atomic E-state index is -0.514. The first-order valence-corrected chi connectivity index (χ1v) is 7.26. The fraction of sp³-hybridized carbons (Fsp3) is 0.333. The highest BCUT2D eigenvalue weighted by molar-refractivity contribution is 5.43. The Balaban J connectivity index is 1.85. The van der Waals surface area contributed by atoms with Crippen LogP contribution in [0.4, 0.5) is 0 Å². The van der Waals surface area contributed by atoms with Gasteiger partial charge in [0.2, 0.25) is 0 Å². The lowest BCUT2D eigenvalue weighted by molar-refractivity contribution is 0.0544. The summed E-state index contributed by atoms with van der Waals surface area (Å²) in [5.74, 6) is 1.73. The standard InChI is InChI=1S/C18H20O3/c1-12(13-6-4-3-5-7-13)18-11-16(19)15-10-14(20-2)8-9-17(15)21-18/h3-10,12,16,18-19H,11H2,1-2H3/t12?,16-,18?/m0/s1. The van der Waals surface area contributed by atoms with Crippen LogP contribution in [0, 0.1) is 0 Å². The minimum Gasteiger partial charge on any atom is -0.497 e. The quantitative estimate of drug-likeness (QED) is 0.934. The molecular formula is C18H20O3. The maximum atomic E-state index is 10.4. The average molecular weight is 284 g/mol. The summed E-state index contributed by atoms with van der Waals surface area (Å²) in [7, 11) is 1.62. The maximum Gasteiger partial charge on any atom is 0.125 e. The van der Waals surface area contributed by atoms with E-state index in [4.69, 9.17) is 9.47 Å². The maximum absolute atomic E-state index is 10.4. The van der Waals surface area contributed by atoms with E-state index in [-0.39, 0.29) is 12.0 Å². The zero-order valence-electron chi connectivity index (χ0n) is 12.3. The van der Waals surface area contributed by atoms with Gasteiger partial charge in [-0.15, -0.1) is 0 Å². The molecule has 1 N–H and O–H groups in total. The lowest BCUT2D eigenvalue weighted by Crippen LogP contribution is -2.30. The van der Waals surface area contributed by atoms with Crippen molar-refractivity contribution >= 4 is 0 Å². The molecule has 2 aromatic rings. The summed E-state index contributed by atoms with van der Waals surface area (Å²) >= 11 is 0. The number of hydrogen-bond donors (Lipinski definition) is 1. The molecule has 0 spiro atoms. The number of benzene rings is 2. The SMILES string of the molecule is COc1ccc2c(c1)[C@@H](O)CC(C(C)c1ccccc1)O2. The molecule has 3 atom stereocenters. The van der Waals surface area contributed by atoms with E-state index in [0.29, 0.717) is 6.42 Å². The molecule has 1 aliphatic heterocycles. The fourth-order valence-corrected chi connectivity index (χ4v) is 2.86. The second-order valence-corrected chi connectivity index (χ2v) is 5.51. The van der Waals surface area contributed by atoms with Crippen LogP contribution in [0.5, 0.6) is 11.5 Å². The highest BCUT2D eigenvalue weighted by atomic mass is 16.5. The first-order valence-electron chi connectivity index (χ1n) is 7.26. The van der Waals surface area contributed by atoms with E-state index in [1.165, 1.54) is 5.56 Å². The number of aliphatic hydroxyl groups is 1. The van der Waals surface area contributed by atoms with Crippen molar-refractivity contribution in [1.82, 2.24) is 0 Å². The van der Waals surface area contributed by atoms with Gasteiger partial charge in [0.15, 0.2) is 0 Å². The van der Waals surface area contributed by atoms with Gasteiger partial charge in [0.25, 0.3) is 0 Å². The molecule has 0 bridgehead atoms. The monoisotopic (exact) mass is 284 g/mol. The van der Waals surface area contributed by atoms with Gasteiger partial charge >= 0.3 is 0 Å². The third-order valence-corrected chi connectivity index (χ3v) is 4.19. The Morgan fingerprint density at radius 2 is 1.95 bits per heavy atom. The van der Waals surface area contributed by atoms with E-state index in [1.54, 1.807) is 7.11 Å². The van der Waals surface area contributed by atoms with Crippen molar-refractivity contribution in [2.45, 2.75) is 31.5 Å². The highest BCUT2D eigenvalue weighted by Crippen LogP contribution is 2.40. The van der Waals surface area contributed by atoms with Gasteiger partial charge in [0.05, 0.1) is 13.2 Å². The molecule has 0 saturated heterocycles. The number of fused-ring (bicyclic) bond motifs is 1. The average Bonchev–Trinajstić information content (AvgIpc) is 2.54. The molecule has 0 radical (unpaired) electrons. The van der Waals surface area contributed by atoms with Crippen LogP contribution in [0.25, 0.3) is 0 Å². The van der Waals surface area contributed by atoms with Crippen molar-refractivity contribution in [2.24, 2.45) is 0 Å². The topological polar surface area (TPSA) is 38.7 Å². The second kappa shape index (κ2) is 5.78. The van der Waals surface area contributed by atoms with E-state index in [2.05, 4.69) is 19.1 Å². The Bertz CT molecular complexity index is 609.